The van der Waals surface area contributed by atoms with Crippen molar-refractivity contribution in [1.82, 2.24) is 10.2 Å². The van der Waals surface area contributed by atoms with E-state index in [1.807, 2.05) is 6.92 Å². The maximum absolute atomic E-state index is 14.1. The summed E-state index contributed by atoms with van der Waals surface area (Å²) >= 11 is 12.1. The van der Waals surface area contributed by atoms with E-state index in [4.69, 9.17) is 23.2 Å². The molecule has 40 heavy (non-hydrogen) atoms. The molecule has 7 nitrogen and oxygen atoms in total. The molecule has 1 aliphatic carbocycles. The molecule has 1 saturated carbocycles. The third kappa shape index (κ3) is 7.36. The molecule has 0 radical (unpaired) electrons. The maximum Gasteiger partial charge on any atom is 0.264 e. The number of carbonyl (C=O) groups is 2. The molecule has 1 N–H and O–H groups in total. The molecule has 1 aliphatic rings. The Morgan fingerprint density at radius 1 is 0.900 bits per heavy atom. The average Bonchev–Trinajstić information content (AvgIpc) is 3.46. The van der Waals surface area contributed by atoms with Crippen molar-refractivity contribution in [2.75, 3.05) is 10.8 Å². The predicted octanol–water partition coefficient (Wildman–Crippen LogP) is 6.05. The van der Waals surface area contributed by atoms with Crippen molar-refractivity contribution in [3.05, 3.63) is 94.5 Å². The summed E-state index contributed by atoms with van der Waals surface area (Å²) in [6.07, 6.45) is 4.31. The van der Waals surface area contributed by atoms with E-state index in [9.17, 15) is 18.0 Å². The van der Waals surface area contributed by atoms with Crippen LogP contribution in [0.1, 0.15) is 44.6 Å². The van der Waals surface area contributed by atoms with Gasteiger partial charge in [0.05, 0.1) is 10.6 Å². The van der Waals surface area contributed by atoms with Gasteiger partial charge in [-0.3, -0.25) is 13.9 Å². The van der Waals surface area contributed by atoms with Crippen LogP contribution in [0.4, 0.5) is 5.69 Å². The lowest BCUT2D eigenvalue weighted by atomic mass is 10.1. The minimum atomic E-state index is -4.14. The van der Waals surface area contributed by atoms with Crippen LogP contribution in [0.2, 0.25) is 10.0 Å². The summed E-state index contributed by atoms with van der Waals surface area (Å²) in [7, 11) is -4.14. The Morgan fingerprint density at radius 2 is 1.48 bits per heavy atom. The van der Waals surface area contributed by atoms with Gasteiger partial charge in [0, 0.05) is 22.6 Å². The summed E-state index contributed by atoms with van der Waals surface area (Å²) in [5.41, 5.74) is 1.11. The van der Waals surface area contributed by atoms with Gasteiger partial charge in [-0.05, 0) is 73.4 Å². The van der Waals surface area contributed by atoms with Crippen molar-refractivity contribution < 1.29 is 18.0 Å². The van der Waals surface area contributed by atoms with E-state index in [1.165, 1.54) is 29.2 Å². The number of para-hydroxylation sites is 1. The van der Waals surface area contributed by atoms with E-state index >= 15 is 0 Å². The Balaban J connectivity index is 1.68. The lowest BCUT2D eigenvalue weighted by molar-refractivity contribution is -0.140. The van der Waals surface area contributed by atoms with Crippen LogP contribution in [-0.2, 0) is 26.2 Å². The predicted molar refractivity (Wildman–Crippen MR) is 159 cm³/mol. The molecule has 1 atom stereocenters. The van der Waals surface area contributed by atoms with E-state index < -0.39 is 28.5 Å². The minimum Gasteiger partial charge on any atom is -0.352 e. The molecule has 0 heterocycles. The van der Waals surface area contributed by atoms with Gasteiger partial charge < -0.3 is 10.2 Å². The molecule has 3 aromatic carbocycles. The molecule has 1 fully saturated rings. The quantitative estimate of drug-likeness (QED) is 0.289. The number of rotatable bonds is 11. The van der Waals surface area contributed by atoms with Crippen molar-refractivity contribution in [1.29, 1.82) is 0 Å². The third-order valence-corrected chi connectivity index (χ3v) is 9.37. The Kier molecular flexibility index (Phi) is 10.1. The highest BCUT2D eigenvalue weighted by Crippen LogP contribution is 2.26. The zero-order valence-corrected chi connectivity index (χ0v) is 24.6. The lowest BCUT2D eigenvalue weighted by Gasteiger charge is -2.33. The molecular weight excluding hydrogens is 569 g/mol. The normalized spacial score (nSPS) is 14.5. The van der Waals surface area contributed by atoms with Gasteiger partial charge in [0.2, 0.25) is 11.8 Å². The first-order chi connectivity index (χ1) is 19.2. The summed E-state index contributed by atoms with van der Waals surface area (Å²) in [5, 5.41) is 4.06. The number of amides is 2. The highest BCUT2D eigenvalue weighted by Gasteiger charge is 2.34. The van der Waals surface area contributed by atoms with Crippen LogP contribution >= 0.6 is 23.2 Å². The summed E-state index contributed by atoms with van der Waals surface area (Å²) in [6.45, 7) is 1.48. The van der Waals surface area contributed by atoms with Gasteiger partial charge in [-0.15, -0.1) is 0 Å². The molecule has 0 unspecified atom stereocenters. The summed E-state index contributed by atoms with van der Waals surface area (Å²) in [4.78, 5) is 29.0. The van der Waals surface area contributed by atoms with E-state index in [0.717, 1.165) is 35.6 Å². The molecule has 4 rings (SSSR count). The van der Waals surface area contributed by atoms with Crippen molar-refractivity contribution >= 4 is 50.7 Å². The standard InChI is InChI=1S/C30H33Cl2N3O4S/c1-2-28(30(37)33-25-8-6-7-9-25)34(20-22-12-14-23(31)15-13-22)29(36)21-35(26-10-4-3-5-11-26)40(38,39)27-18-16-24(32)17-19-27/h3-5,10-19,25,28H,2,6-9,20-21H2,1H3,(H,33,37)/t28-/m1/s1. The van der Waals surface area contributed by atoms with Crippen LogP contribution in [-0.4, -0.2) is 43.8 Å². The number of benzene rings is 3. The fraction of sp³-hybridized carbons (Fsp3) is 0.333. The number of hydrogen-bond donors (Lipinski definition) is 1. The number of carbonyl (C=O) groups excluding carboxylic acids is 2. The molecule has 0 saturated heterocycles. The number of hydrogen-bond acceptors (Lipinski definition) is 4. The van der Waals surface area contributed by atoms with E-state index in [0.29, 0.717) is 22.2 Å². The second-order valence-corrected chi connectivity index (χ2v) is 12.6. The minimum absolute atomic E-state index is 0.00354. The van der Waals surface area contributed by atoms with Crippen LogP contribution in [0.5, 0.6) is 0 Å². The number of nitrogens with zero attached hydrogens (tertiary/aromatic N) is 2. The van der Waals surface area contributed by atoms with Crippen LogP contribution in [0.25, 0.3) is 0 Å². The van der Waals surface area contributed by atoms with Gasteiger partial charge >= 0.3 is 0 Å². The van der Waals surface area contributed by atoms with E-state index in [1.54, 1.807) is 54.6 Å². The van der Waals surface area contributed by atoms with Crippen molar-refractivity contribution in [2.45, 2.75) is 62.6 Å². The smallest absolute Gasteiger partial charge is 0.264 e. The molecule has 10 heteroatoms. The van der Waals surface area contributed by atoms with E-state index in [2.05, 4.69) is 5.32 Å². The molecule has 0 bridgehead atoms. The van der Waals surface area contributed by atoms with Crippen LogP contribution in [0, 0.1) is 0 Å². The average molecular weight is 603 g/mol. The molecule has 3 aromatic rings. The first-order valence-electron chi connectivity index (χ1n) is 13.4. The van der Waals surface area contributed by atoms with Crippen molar-refractivity contribution in [2.24, 2.45) is 0 Å². The van der Waals surface area contributed by atoms with Gasteiger partial charge in [0.1, 0.15) is 12.6 Å². The Morgan fingerprint density at radius 3 is 2.05 bits per heavy atom. The number of anilines is 1. The SMILES string of the molecule is CC[C@H](C(=O)NC1CCCC1)N(Cc1ccc(Cl)cc1)C(=O)CN(c1ccccc1)S(=O)(=O)c1ccc(Cl)cc1. The number of halogens is 2. The molecular formula is C30H33Cl2N3O4S. The van der Waals surface area contributed by atoms with Crippen molar-refractivity contribution in [3.8, 4) is 0 Å². The van der Waals surface area contributed by atoms with Gasteiger partial charge in [-0.1, -0.05) is 73.3 Å². The first-order valence-corrected chi connectivity index (χ1v) is 15.6. The fourth-order valence-electron chi connectivity index (χ4n) is 4.93. The zero-order chi connectivity index (χ0) is 28.7. The maximum atomic E-state index is 14.1. The third-order valence-electron chi connectivity index (χ3n) is 7.08. The topological polar surface area (TPSA) is 86.8 Å². The van der Waals surface area contributed by atoms with Crippen LogP contribution < -0.4 is 9.62 Å². The van der Waals surface area contributed by atoms with Gasteiger partial charge in [0.15, 0.2) is 0 Å². The zero-order valence-electron chi connectivity index (χ0n) is 22.3. The van der Waals surface area contributed by atoms with E-state index in [-0.39, 0.29) is 23.4 Å². The Hall–Kier alpha value is -3.07. The molecule has 212 valence electrons. The van der Waals surface area contributed by atoms with Crippen LogP contribution in [0.15, 0.2) is 83.8 Å². The largest absolute Gasteiger partial charge is 0.352 e. The van der Waals surface area contributed by atoms with Gasteiger partial charge in [-0.25, -0.2) is 8.42 Å². The Labute approximate surface area is 246 Å². The summed E-state index contributed by atoms with van der Waals surface area (Å²) in [5.74, 6) is -0.728. The molecule has 0 aliphatic heterocycles. The Bertz CT molecular complexity index is 1400. The molecule has 2 amide bonds. The highest BCUT2D eigenvalue weighted by molar-refractivity contribution is 7.92. The number of sulfonamides is 1. The summed E-state index contributed by atoms with van der Waals surface area (Å²) < 4.78 is 28.7. The van der Waals surface area contributed by atoms with Crippen LogP contribution in [0.3, 0.4) is 0 Å². The second-order valence-electron chi connectivity index (χ2n) is 9.86. The number of nitrogens with one attached hydrogen (secondary N) is 1. The van der Waals surface area contributed by atoms with Gasteiger partial charge in [-0.2, -0.15) is 0 Å². The fourth-order valence-corrected chi connectivity index (χ4v) is 6.60. The van der Waals surface area contributed by atoms with Gasteiger partial charge in [0.25, 0.3) is 10.0 Å². The van der Waals surface area contributed by atoms with Crippen molar-refractivity contribution in [3.63, 3.8) is 0 Å². The monoisotopic (exact) mass is 601 g/mol. The highest BCUT2D eigenvalue weighted by atomic mass is 35.5. The molecule has 0 spiro atoms. The lowest BCUT2D eigenvalue weighted by Crippen LogP contribution is -2.53. The second kappa shape index (κ2) is 13.5. The molecule has 0 aromatic heterocycles. The first kappa shape index (κ1) is 29.9. The summed E-state index contributed by atoms with van der Waals surface area (Å²) in [6, 6.07) is 20.6.